The second kappa shape index (κ2) is 8.21. The van der Waals surface area contributed by atoms with Crippen LogP contribution in [0, 0.1) is 0 Å². The van der Waals surface area contributed by atoms with Gasteiger partial charge in [0.15, 0.2) is 0 Å². The monoisotopic (exact) mass is 336 g/mol. The van der Waals surface area contributed by atoms with Gasteiger partial charge in [-0.2, -0.15) is 0 Å². The van der Waals surface area contributed by atoms with Crippen LogP contribution in [0.5, 0.6) is 0 Å². The minimum absolute atomic E-state index is 0.134. The van der Waals surface area contributed by atoms with Crippen LogP contribution in [-0.4, -0.2) is 32.4 Å². The number of carbonyl (C=O) groups is 1. The van der Waals surface area contributed by atoms with Crippen LogP contribution in [-0.2, 0) is 11.2 Å². The number of para-hydroxylation sites is 1. The summed E-state index contributed by atoms with van der Waals surface area (Å²) in [7, 11) is 0. The van der Waals surface area contributed by atoms with E-state index in [2.05, 4.69) is 15.5 Å². The lowest BCUT2D eigenvalue weighted by atomic mass is 10.1. The van der Waals surface area contributed by atoms with Crippen LogP contribution in [0.1, 0.15) is 23.9 Å². The summed E-state index contributed by atoms with van der Waals surface area (Å²) in [6.07, 6.45) is 2.38. The smallest absolute Gasteiger partial charge is 0.221 e. The van der Waals surface area contributed by atoms with E-state index in [-0.39, 0.29) is 18.9 Å². The largest absolute Gasteiger partial charge is 0.394 e. The fourth-order valence-electron chi connectivity index (χ4n) is 2.65. The molecule has 1 aromatic heterocycles. The highest BCUT2D eigenvalue weighted by atomic mass is 16.3. The molecule has 0 fully saturated rings. The molecular formula is C19H20N4O2. The van der Waals surface area contributed by atoms with Crippen LogP contribution in [0.3, 0.4) is 0 Å². The first kappa shape index (κ1) is 16.9. The number of carbonyl (C=O) groups excluding carboxylic acids is 1. The van der Waals surface area contributed by atoms with Crippen molar-refractivity contribution >= 4 is 5.91 Å². The zero-order valence-corrected chi connectivity index (χ0v) is 13.7. The molecule has 2 N–H and O–H groups in total. The van der Waals surface area contributed by atoms with Crippen molar-refractivity contribution in [1.29, 1.82) is 0 Å². The van der Waals surface area contributed by atoms with Crippen LogP contribution in [0.4, 0.5) is 0 Å². The highest BCUT2D eigenvalue weighted by Gasteiger charge is 2.14. The number of hydrogen-bond donors (Lipinski definition) is 2. The summed E-state index contributed by atoms with van der Waals surface area (Å²) in [6.45, 7) is -0.143. The number of aromatic nitrogens is 3. The lowest BCUT2D eigenvalue weighted by Crippen LogP contribution is -2.31. The van der Waals surface area contributed by atoms with Crippen LogP contribution in [0.2, 0.25) is 0 Å². The van der Waals surface area contributed by atoms with E-state index in [0.29, 0.717) is 6.42 Å². The number of rotatable bonds is 7. The van der Waals surface area contributed by atoms with Crippen LogP contribution < -0.4 is 5.32 Å². The van der Waals surface area contributed by atoms with E-state index in [1.807, 2.05) is 65.2 Å². The van der Waals surface area contributed by atoms with Gasteiger partial charge in [-0.3, -0.25) is 9.36 Å². The number of aryl methyl sites for hydroxylation is 1. The van der Waals surface area contributed by atoms with Gasteiger partial charge in [-0.05, 0) is 17.7 Å². The normalized spacial score (nSPS) is 11.9. The Morgan fingerprint density at radius 3 is 2.44 bits per heavy atom. The number of aliphatic hydroxyl groups excluding tert-OH is 1. The molecule has 0 spiro atoms. The first-order valence-corrected chi connectivity index (χ1v) is 8.17. The highest BCUT2D eigenvalue weighted by Crippen LogP contribution is 2.13. The van der Waals surface area contributed by atoms with Gasteiger partial charge in [0.1, 0.15) is 12.2 Å². The third-order valence-corrected chi connectivity index (χ3v) is 3.95. The van der Waals surface area contributed by atoms with E-state index in [9.17, 15) is 9.90 Å². The van der Waals surface area contributed by atoms with Crippen molar-refractivity contribution in [3.8, 4) is 5.69 Å². The van der Waals surface area contributed by atoms with Crippen LogP contribution in [0.25, 0.3) is 5.69 Å². The average molecular weight is 336 g/mol. The first-order valence-electron chi connectivity index (χ1n) is 8.17. The molecule has 0 saturated carbocycles. The predicted molar refractivity (Wildman–Crippen MR) is 94.1 cm³/mol. The molecular weight excluding hydrogens is 316 g/mol. The topological polar surface area (TPSA) is 80.0 Å². The maximum absolute atomic E-state index is 12.2. The van der Waals surface area contributed by atoms with Gasteiger partial charge in [-0.15, -0.1) is 10.2 Å². The molecule has 0 aliphatic carbocycles. The maximum atomic E-state index is 12.2. The third-order valence-electron chi connectivity index (χ3n) is 3.95. The Morgan fingerprint density at radius 2 is 1.76 bits per heavy atom. The molecule has 128 valence electrons. The van der Waals surface area contributed by atoms with Gasteiger partial charge < -0.3 is 10.4 Å². The predicted octanol–water partition coefficient (Wildman–Crippen LogP) is 2.05. The molecule has 1 unspecified atom stereocenters. The van der Waals surface area contributed by atoms with E-state index in [0.717, 1.165) is 17.1 Å². The quantitative estimate of drug-likeness (QED) is 0.692. The third kappa shape index (κ3) is 4.30. The molecule has 1 heterocycles. The zero-order chi connectivity index (χ0) is 17.5. The Kier molecular flexibility index (Phi) is 5.53. The number of hydrogen-bond acceptors (Lipinski definition) is 4. The second-order valence-electron chi connectivity index (χ2n) is 5.67. The summed E-state index contributed by atoms with van der Waals surface area (Å²) < 4.78 is 1.87. The zero-order valence-electron chi connectivity index (χ0n) is 13.7. The fraction of sp³-hybridized carbons (Fsp3) is 0.211. The van der Waals surface area contributed by atoms with Crippen LogP contribution in [0.15, 0.2) is 67.0 Å². The van der Waals surface area contributed by atoms with E-state index >= 15 is 0 Å². The summed E-state index contributed by atoms with van der Waals surface area (Å²) in [5.74, 6) is 0.590. The number of amides is 1. The molecule has 0 aliphatic rings. The van der Waals surface area contributed by atoms with Crippen molar-refractivity contribution < 1.29 is 9.90 Å². The molecule has 3 rings (SSSR count). The van der Waals surface area contributed by atoms with E-state index < -0.39 is 6.04 Å². The van der Waals surface area contributed by atoms with E-state index in [1.54, 1.807) is 6.33 Å². The molecule has 1 amide bonds. The Hall–Kier alpha value is -2.99. The summed E-state index contributed by atoms with van der Waals surface area (Å²) in [5, 5.41) is 20.4. The molecule has 25 heavy (non-hydrogen) atoms. The molecule has 0 aliphatic heterocycles. The molecule has 0 saturated heterocycles. The van der Waals surface area contributed by atoms with E-state index in [1.165, 1.54) is 0 Å². The average Bonchev–Trinajstić information content (AvgIpc) is 3.14. The summed E-state index contributed by atoms with van der Waals surface area (Å²) in [6, 6.07) is 18.8. The van der Waals surface area contributed by atoms with Crippen molar-refractivity contribution in [2.75, 3.05) is 6.61 Å². The highest BCUT2D eigenvalue weighted by molar-refractivity contribution is 5.76. The Bertz CT molecular complexity index is 803. The molecule has 0 bridgehead atoms. The Morgan fingerprint density at radius 1 is 1.08 bits per heavy atom. The maximum Gasteiger partial charge on any atom is 0.221 e. The van der Waals surface area contributed by atoms with Crippen molar-refractivity contribution in [3.63, 3.8) is 0 Å². The van der Waals surface area contributed by atoms with Crippen molar-refractivity contribution in [2.45, 2.75) is 18.9 Å². The van der Waals surface area contributed by atoms with Gasteiger partial charge in [-0.25, -0.2) is 0 Å². The number of nitrogens with zero attached hydrogens (tertiary/aromatic N) is 3. The summed E-state index contributed by atoms with van der Waals surface area (Å²) in [5.41, 5.74) is 1.84. The summed E-state index contributed by atoms with van der Waals surface area (Å²) >= 11 is 0. The molecule has 0 radical (unpaired) electrons. The van der Waals surface area contributed by atoms with Gasteiger partial charge in [0.2, 0.25) is 5.91 Å². The summed E-state index contributed by atoms with van der Waals surface area (Å²) in [4.78, 5) is 12.2. The van der Waals surface area contributed by atoms with Gasteiger partial charge in [0.05, 0.1) is 12.6 Å². The lowest BCUT2D eigenvalue weighted by Gasteiger charge is -2.16. The van der Waals surface area contributed by atoms with Gasteiger partial charge >= 0.3 is 0 Å². The van der Waals surface area contributed by atoms with Crippen molar-refractivity contribution in [1.82, 2.24) is 20.1 Å². The SMILES string of the molecule is O=C(CCc1nncn1-c1ccccc1)NC(CO)c1ccccc1. The lowest BCUT2D eigenvalue weighted by molar-refractivity contribution is -0.122. The standard InChI is InChI=1S/C19H20N4O2/c24-13-17(15-7-3-1-4-8-15)21-19(25)12-11-18-22-20-14-23(18)16-9-5-2-6-10-16/h1-10,14,17,24H,11-13H2,(H,21,25). The van der Waals surface area contributed by atoms with Crippen molar-refractivity contribution in [2.24, 2.45) is 0 Å². The molecule has 6 nitrogen and oxygen atoms in total. The van der Waals surface area contributed by atoms with E-state index in [4.69, 9.17) is 0 Å². The number of aliphatic hydroxyl groups is 1. The Balaban J connectivity index is 1.61. The molecule has 1 atom stereocenters. The molecule has 3 aromatic rings. The second-order valence-corrected chi connectivity index (χ2v) is 5.67. The van der Waals surface area contributed by atoms with Gasteiger partial charge in [0.25, 0.3) is 0 Å². The Labute approximate surface area is 146 Å². The van der Waals surface area contributed by atoms with Crippen LogP contribution >= 0.6 is 0 Å². The minimum atomic E-state index is -0.402. The molecule has 6 heteroatoms. The number of benzene rings is 2. The number of nitrogens with one attached hydrogen (secondary N) is 1. The first-order chi connectivity index (χ1) is 12.3. The molecule has 2 aromatic carbocycles. The van der Waals surface area contributed by atoms with Gasteiger partial charge in [0, 0.05) is 18.5 Å². The van der Waals surface area contributed by atoms with Gasteiger partial charge in [-0.1, -0.05) is 48.5 Å². The minimum Gasteiger partial charge on any atom is -0.394 e. The van der Waals surface area contributed by atoms with Crippen molar-refractivity contribution in [3.05, 3.63) is 78.4 Å². The fourth-order valence-corrected chi connectivity index (χ4v) is 2.65.